The number of hydrogen-bond donors (Lipinski definition) is 0. The van der Waals surface area contributed by atoms with Crippen LogP contribution in [-0.4, -0.2) is 30.3 Å². The zero-order valence-electron chi connectivity index (χ0n) is 12.1. The highest BCUT2D eigenvalue weighted by atomic mass is 32.2. The van der Waals surface area contributed by atoms with Crippen molar-refractivity contribution in [2.24, 2.45) is 11.8 Å². The molecule has 1 fully saturated rings. The fourth-order valence-electron chi connectivity index (χ4n) is 3.49. The molecule has 1 aromatic carbocycles. The second kappa shape index (κ2) is 5.88. The van der Waals surface area contributed by atoms with Crippen LogP contribution in [0.5, 0.6) is 0 Å². The van der Waals surface area contributed by atoms with E-state index in [-0.39, 0.29) is 0 Å². The van der Waals surface area contributed by atoms with Crippen LogP contribution in [0, 0.1) is 11.8 Å². The summed E-state index contributed by atoms with van der Waals surface area (Å²) in [5, 5.41) is 0. The highest BCUT2D eigenvalue weighted by molar-refractivity contribution is 7.99. The van der Waals surface area contributed by atoms with Crippen molar-refractivity contribution in [3.05, 3.63) is 29.8 Å². The lowest BCUT2D eigenvalue weighted by Crippen LogP contribution is -2.37. The van der Waals surface area contributed by atoms with Crippen molar-refractivity contribution < 1.29 is 0 Å². The molecule has 1 nitrogen and oxygen atoms in total. The Hall–Kier alpha value is -0.470. The summed E-state index contributed by atoms with van der Waals surface area (Å²) in [5.41, 5.74) is 1.60. The van der Waals surface area contributed by atoms with Gasteiger partial charge in [0.25, 0.3) is 0 Å². The first-order valence-electron chi connectivity index (χ1n) is 7.68. The van der Waals surface area contributed by atoms with Gasteiger partial charge in [0.15, 0.2) is 0 Å². The Labute approximate surface area is 121 Å². The summed E-state index contributed by atoms with van der Waals surface area (Å²) in [5.74, 6) is 3.87. The van der Waals surface area contributed by atoms with E-state index in [0.717, 1.165) is 17.8 Å². The molecule has 2 heterocycles. The Morgan fingerprint density at radius 3 is 2.68 bits per heavy atom. The molecular formula is C17H25NS. The van der Waals surface area contributed by atoms with E-state index in [1.807, 2.05) is 11.8 Å². The van der Waals surface area contributed by atoms with Gasteiger partial charge in [-0.1, -0.05) is 32.0 Å². The van der Waals surface area contributed by atoms with E-state index in [1.54, 1.807) is 5.56 Å². The monoisotopic (exact) mass is 275 g/mol. The molecule has 0 spiro atoms. The summed E-state index contributed by atoms with van der Waals surface area (Å²) >= 11 is 2.04. The standard InChI is InChI=1S/C17H25NS/c1-13(2)14-7-9-18(10-8-14)11-15-12-19-17-6-4-3-5-16(15)17/h3-6,13-15H,7-12H2,1-2H3. The zero-order chi connectivity index (χ0) is 13.2. The average Bonchev–Trinajstić information content (AvgIpc) is 2.83. The van der Waals surface area contributed by atoms with Gasteiger partial charge >= 0.3 is 0 Å². The molecule has 2 aliphatic heterocycles. The number of likely N-dealkylation sites (tertiary alicyclic amines) is 1. The molecule has 1 atom stereocenters. The normalized spacial score (nSPS) is 24.9. The van der Waals surface area contributed by atoms with Crippen molar-refractivity contribution in [1.82, 2.24) is 4.90 Å². The molecule has 0 aromatic heterocycles. The van der Waals surface area contributed by atoms with Crippen molar-refractivity contribution >= 4 is 11.8 Å². The van der Waals surface area contributed by atoms with Crippen molar-refractivity contribution in [1.29, 1.82) is 0 Å². The summed E-state index contributed by atoms with van der Waals surface area (Å²) in [7, 11) is 0. The molecule has 0 radical (unpaired) electrons. The summed E-state index contributed by atoms with van der Waals surface area (Å²) in [6.45, 7) is 8.65. The van der Waals surface area contributed by atoms with Crippen molar-refractivity contribution in [3.8, 4) is 0 Å². The lowest BCUT2D eigenvalue weighted by molar-refractivity contribution is 0.153. The van der Waals surface area contributed by atoms with E-state index >= 15 is 0 Å². The summed E-state index contributed by atoms with van der Waals surface area (Å²) in [6.07, 6.45) is 2.80. The van der Waals surface area contributed by atoms with Crippen molar-refractivity contribution in [3.63, 3.8) is 0 Å². The molecule has 1 unspecified atom stereocenters. The van der Waals surface area contributed by atoms with Gasteiger partial charge in [-0.25, -0.2) is 0 Å². The molecule has 0 N–H and O–H groups in total. The maximum atomic E-state index is 2.70. The van der Waals surface area contributed by atoms with Crippen LogP contribution in [0.2, 0.25) is 0 Å². The topological polar surface area (TPSA) is 3.24 Å². The minimum absolute atomic E-state index is 0.761. The maximum absolute atomic E-state index is 2.70. The Morgan fingerprint density at radius 1 is 1.21 bits per heavy atom. The third-order valence-electron chi connectivity index (χ3n) is 4.85. The lowest BCUT2D eigenvalue weighted by Gasteiger charge is -2.35. The van der Waals surface area contributed by atoms with Gasteiger partial charge in [0, 0.05) is 23.1 Å². The van der Waals surface area contributed by atoms with E-state index in [2.05, 4.69) is 43.0 Å². The van der Waals surface area contributed by atoms with Crippen molar-refractivity contribution in [2.45, 2.75) is 37.5 Å². The molecule has 0 amide bonds. The summed E-state index contributed by atoms with van der Waals surface area (Å²) in [4.78, 5) is 4.22. The Morgan fingerprint density at radius 2 is 1.95 bits per heavy atom. The molecule has 2 aliphatic rings. The lowest BCUT2D eigenvalue weighted by atomic mass is 9.86. The van der Waals surface area contributed by atoms with Gasteiger partial charge in [-0.3, -0.25) is 0 Å². The van der Waals surface area contributed by atoms with Crippen LogP contribution in [0.15, 0.2) is 29.2 Å². The first kappa shape index (κ1) is 13.5. The largest absolute Gasteiger partial charge is 0.303 e. The van der Waals surface area contributed by atoms with Gasteiger partial charge in [0.1, 0.15) is 0 Å². The first-order chi connectivity index (χ1) is 9.24. The molecule has 0 saturated carbocycles. The number of fused-ring (bicyclic) bond motifs is 1. The SMILES string of the molecule is CC(C)C1CCN(CC2CSc3ccccc32)CC1. The smallest absolute Gasteiger partial charge is 0.0108 e. The first-order valence-corrected chi connectivity index (χ1v) is 8.66. The third kappa shape index (κ3) is 3.00. The predicted octanol–water partition coefficient (Wildman–Crippen LogP) is 4.24. The van der Waals surface area contributed by atoms with E-state index in [0.29, 0.717) is 0 Å². The van der Waals surface area contributed by atoms with Gasteiger partial charge in [-0.2, -0.15) is 0 Å². The number of nitrogens with zero attached hydrogens (tertiary/aromatic N) is 1. The minimum Gasteiger partial charge on any atom is -0.303 e. The van der Waals surface area contributed by atoms with Gasteiger partial charge in [0.05, 0.1) is 0 Å². The third-order valence-corrected chi connectivity index (χ3v) is 6.10. The number of rotatable bonds is 3. The zero-order valence-corrected chi connectivity index (χ0v) is 13.0. The van der Waals surface area contributed by atoms with Crippen molar-refractivity contribution in [2.75, 3.05) is 25.4 Å². The molecule has 1 saturated heterocycles. The van der Waals surface area contributed by atoms with Crippen LogP contribution in [0.1, 0.15) is 38.2 Å². The minimum atomic E-state index is 0.761. The Balaban J connectivity index is 1.57. The Bertz CT molecular complexity index is 421. The molecule has 3 rings (SSSR count). The van der Waals surface area contributed by atoms with Crippen LogP contribution in [0.25, 0.3) is 0 Å². The Kier molecular flexibility index (Phi) is 4.18. The molecule has 0 aliphatic carbocycles. The molecule has 1 aromatic rings. The highest BCUT2D eigenvalue weighted by Gasteiger charge is 2.27. The van der Waals surface area contributed by atoms with E-state index < -0.39 is 0 Å². The number of thioether (sulfide) groups is 1. The fourth-order valence-corrected chi connectivity index (χ4v) is 4.74. The van der Waals surface area contributed by atoms with Gasteiger partial charge in [-0.15, -0.1) is 11.8 Å². The summed E-state index contributed by atoms with van der Waals surface area (Å²) in [6, 6.07) is 8.98. The molecule has 104 valence electrons. The van der Waals surface area contributed by atoms with Crippen LogP contribution < -0.4 is 0 Å². The van der Waals surface area contributed by atoms with Crippen LogP contribution in [0.3, 0.4) is 0 Å². The number of piperidine rings is 1. The van der Waals surface area contributed by atoms with E-state index in [1.165, 1.54) is 43.1 Å². The van der Waals surface area contributed by atoms with E-state index in [4.69, 9.17) is 0 Å². The molecule has 0 bridgehead atoms. The highest BCUT2D eigenvalue weighted by Crippen LogP contribution is 2.40. The molecule has 19 heavy (non-hydrogen) atoms. The molecule has 2 heteroatoms. The van der Waals surface area contributed by atoms with Crippen LogP contribution in [0.4, 0.5) is 0 Å². The fraction of sp³-hybridized carbons (Fsp3) is 0.647. The summed E-state index contributed by atoms with van der Waals surface area (Å²) < 4.78 is 0. The maximum Gasteiger partial charge on any atom is 0.0108 e. The predicted molar refractivity (Wildman–Crippen MR) is 83.9 cm³/mol. The van der Waals surface area contributed by atoms with Gasteiger partial charge < -0.3 is 4.90 Å². The average molecular weight is 275 g/mol. The van der Waals surface area contributed by atoms with Crippen LogP contribution >= 0.6 is 11.8 Å². The van der Waals surface area contributed by atoms with Crippen LogP contribution in [-0.2, 0) is 0 Å². The quantitative estimate of drug-likeness (QED) is 0.811. The molecular weight excluding hydrogens is 250 g/mol. The number of benzene rings is 1. The van der Waals surface area contributed by atoms with E-state index in [9.17, 15) is 0 Å². The van der Waals surface area contributed by atoms with Gasteiger partial charge in [0.2, 0.25) is 0 Å². The second-order valence-corrected chi connectivity index (χ2v) is 7.49. The second-order valence-electron chi connectivity index (χ2n) is 6.43. The number of hydrogen-bond acceptors (Lipinski definition) is 2. The van der Waals surface area contributed by atoms with Gasteiger partial charge in [-0.05, 0) is 49.4 Å².